The van der Waals surface area contributed by atoms with Crippen LogP contribution in [-0.4, -0.2) is 30.7 Å². The van der Waals surface area contributed by atoms with E-state index in [9.17, 15) is 0 Å². The second-order valence-electron chi connectivity index (χ2n) is 14.1. The maximum atomic E-state index is 2.35. The number of unbranched alkanes of at least 4 members (excludes halogenated alkanes) is 28. The lowest BCUT2D eigenvalue weighted by Gasteiger charge is -2.40. The van der Waals surface area contributed by atoms with Crippen molar-refractivity contribution in [2.75, 3.05) is 26.2 Å². The standard InChI is InChI=1S/C40H84N.HI/c1-5-9-13-17-21-22-23-24-25-26-27-28-32-36-40-41(37-33-29-18-14-10-6-2,38-34-30-19-15-11-7-3)39-35-31-20-16-12-8-4;/h5-40H2,1-4H3;1H/q+1;/p-1. The molecule has 0 atom stereocenters. The molecule has 256 valence electrons. The molecule has 1 nitrogen and oxygen atoms in total. The summed E-state index contributed by atoms with van der Waals surface area (Å²) < 4.78 is 1.48. The monoisotopic (exact) mass is 706 g/mol. The lowest BCUT2D eigenvalue weighted by molar-refractivity contribution is -0.929. The molecule has 0 aliphatic carbocycles. The number of halogens is 1. The Morgan fingerprint density at radius 1 is 0.214 bits per heavy atom. The molecule has 0 rings (SSSR count). The van der Waals surface area contributed by atoms with E-state index in [1.807, 2.05) is 0 Å². The highest BCUT2D eigenvalue weighted by atomic mass is 127. The molecule has 0 heterocycles. The number of nitrogens with zero attached hydrogens (tertiary/aromatic N) is 1. The molecule has 0 saturated heterocycles. The second-order valence-corrected chi connectivity index (χ2v) is 14.1. The molecular formula is C40H84IN. The molecule has 0 aromatic heterocycles. The molecule has 0 amide bonds. The van der Waals surface area contributed by atoms with Gasteiger partial charge in [-0.15, -0.1) is 0 Å². The van der Waals surface area contributed by atoms with Crippen LogP contribution in [0.15, 0.2) is 0 Å². The van der Waals surface area contributed by atoms with Gasteiger partial charge in [-0.05, 0) is 51.4 Å². The third-order valence-corrected chi connectivity index (χ3v) is 9.94. The van der Waals surface area contributed by atoms with Crippen molar-refractivity contribution in [3.63, 3.8) is 0 Å². The van der Waals surface area contributed by atoms with Crippen molar-refractivity contribution < 1.29 is 28.5 Å². The molecule has 0 radical (unpaired) electrons. The van der Waals surface area contributed by atoms with Crippen molar-refractivity contribution in [1.29, 1.82) is 0 Å². The van der Waals surface area contributed by atoms with Crippen molar-refractivity contribution in [2.24, 2.45) is 0 Å². The molecule has 0 fully saturated rings. The summed E-state index contributed by atoms with van der Waals surface area (Å²) in [6, 6.07) is 0. The quantitative estimate of drug-likeness (QED) is 0.0346. The summed E-state index contributed by atoms with van der Waals surface area (Å²) in [7, 11) is 0. The van der Waals surface area contributed by atoms with Gasteiger partial charge >= 0.3 is 0 Å². The van der Waals surface area contributed by atoms with Gasteiger partial charge in [0.05, 0.1) is 26.2 Å². The highest BCUT2D eigenvalue weighted by molar-refractivity contribution is 4.55. The minimum atomic E-state index is 0. The fourth-order valence-electron chi connectivity index (χ4n) is 7.00. The summed E-state index contributed by atoms with van der Waals surface area (Å²) in [4.78, 5) is 0. The third-order valence-electron chi connectivity index (χ3n) is 9.94. The van der Waals surface area contributed by atoms with E-state index in [0.717, 1.165) is 0 Å². The van der Waals surface area contributed by atoms with E-state index in [-0.39, 0.29) is 24.0 Å². The average Bonchev–Trinajstić information content (AvgIpc) is 2.98. The first-order valence-corrected chi connectivity index (χ1v) is 20.1. The van der Waals surface area contributed by atoms with E-state index in [2.05, 4.69) is 27.7 Å². The Labute approximate surface area is 286 Å². The summed E-state index contributed by atoms with van der Waals surface area (Å²) in [5.74, 6) is 0. The Balaban J connectivity index is 0. The molecule has 0 N–H and O–H groups in total. The SMILES string of the molecule is CCCCCCCCCCCCCCCC[N+](CCCCCCCC)(CCCCCCCC)CCCCCCCC.[I-]. The summed E-state index contributed by atoms with van der Waals surface area (Å²) >= 11 is 0. The van der Waals surface area contributed by atoms with Crippen LogP contribution in [0.25, 0.3) is 0 Å². The minimum absolute atomic E-state index is 0. The Morgan fingerprint density at radius 2 is 0.357 bits per heavy atom. The largest absolute Gasteiger partial charge is 1.00 e. The van der Waals surface area contributed by atoms with Gasteiger partial charge in [0.2, 0.25) is 0 Å². The molecule has 0 aromatic carbocycles. The average molecular weight is 706 g/mol. The van der Waals surface area contributed by atoms with Gasteiger partial charge in [-0.25, -0.2) is 0 Å². The summed E-state index contributed by atoms with van der Waals surface area (Å²) in [5.41, 5.74) is 0. The molecule has 2 heteroatoms. The first kappa shape index (κ1) is 44.8. The molecule has 42 heavy (non-hydrogen) atoms. The molecular weight excluding hydrogens is 621 g/mol. The van der Waals surface area contributed by atoms with Gasteiger partial charge in [-0.1, -0.05) is 182 Å². The number of quaternary nitrogens is 1. The van der Waals surface area contributed by atoms with Gasteiger partial charge in [-0.2, -0.15) is 0 Å². The van der Waals surface area contributed by atoms with E-state index >= 15 is 0 Å². The Kier molecular flexibility index (Phi) is 40.4. The number of rotatable bonds is 36. The maximum absolute atomic E-state index is 2.35. The van der Waals surface area contributed by atoms with Crippen LogP contribution in [-0.2, 0) is 0 Å². The summed E-state index contributed by atoms with van der Waals surface area (Å²) in [6.45, 7) is 15.3. The fourth-order valence-corrected chi connectivity index (χ4v) is 7.00. The van der Waals surface area contributed by atoms with Crippen molar-refractivity contribution in [3.05, 3.63) is 0 Å². The van der Waals surface area contributed by atoms with Crippen LogP contribution in [0.5, 0.6) is 0 Å². The normalized spacial score (nSPS) is 11.7. The van der Waals surface area contributed by atoms with Crippen LogP contribution in [0, 0.1) is 0 Å². The highest BCUT2D eigenvalue weighted by Crippen LogP contribution is 2.21. The van der Waals surface area contributed by atoms with Crippen LogP contribution >= 0.6 is 0 Å². The lowest BCUT2D eigenvalue weighted by Crippen LogP contribution is -3.00. The van der Waals surface area contributed by atoms with Crippen LogP contribution in [0.1, 0.15) is 233 Å². The molecule has 0 saturated carbocycles. The molecule has 0 aliphatic heterocycles. The molecule has 0 unspecified atom stereocenters. The predicted octanol–water partition coefficient (Wildman–Crippen LogP) is 11.4. The number of hydrogen-bond donors (Lipinski definition) is 0. The highest BCUT2D eigenvalue weighted by Gasteiger charge is 2.25. The molecule has 0 aliphatic rings. The van der Waals surface area contributed by atoms with Crippen LogP contribution < -0.4 is 24.0 Å². The third kappa shape index (κ3) is 32.1. The van der Waals surface area contributed by atoms with Crippen LogP contribution in [0.2, 0.25) is 0 Å². The van der Waals surface area contributed by atoms with Gasteiger partial charge in [0.15, 0.2) is 0 Å². The minimum Gasteiger partial charge on any atom is -1.00 e. The number of hydrogen-bond acceptors (Lipinski definition) is 0. The zero-order valence-corrected chi connectivity index (χ0v) is 32.4. The lowest BCUT2D eigenvalue weighted by atomic mass is 10.0. The van der Waals surface area contributed by atoms with E-state index in [4.69, 9.17) is 0 Å². The van der Waals surface area contributed by atoms with Gasteiger partial charge in [0.1, 0.15) is 0 Å². The van der Waals surface area contributed by atoms with Crippen LogP contribution in [0.3, 0.4) is 0 Å². The predicted molar refractivity (Wildman–Crippen MR) is 190 cm³/mol. The van der Waals surface area contributed by atoms with Gasteiger partial charge in [-0.3, -0.25) is 0 Å². The fraction of sp³-hybridized carbons (Fsp3) is 1.00. The molecule has 0 spiro atoms. The van der Waals surface area contributed by atoms with Crippen LogP contribution in [0.4, 0.5) is 0 Å². The van der Waals surface area contributed by atoms with Crippen molar-refractivity contribution in [1.82, 2.24) is 0 Å². The summed E-state index contributed by atoms with van der Waals surface area (Å²) in [5, 5.41) is 0. The first-order chi connectivity index (χ1) is 20.2. The van der Waals surface area contributed by atoms with Crippen molar-refractivity contribution >= 4 is 0 Å². The van der Waals surface area contributed by atoms with Gasteiger partial charge < -0.3 is 28.5 Å². The Hall–Kier alpha value is 0.690. The second kappa shape index (κ2) is 37.9. The van der Waals surface area contributed by atoms with E-state index in [0.29, 0.717) is 0 Å². The Morgan fingerprint density at radius 3 is 0.524 bits per heavy atom. The maximum Gasteiger partial charge on any atom is 0.0786 e. The van der Waals surface area contributed by atoms with Gasteiger partial charge in [0.25, 0.3) is 0 Å². The Bertz CT molecular complexity index is 424. The topological polar surface area (TPSA) is 0 Å². The smallest absolute Gasteiger partial charge is 0.0786 e. The molecule has 0 bridgehead atoms. The van der Waals surface area contributed by atoms with E-state index in [1.54, 1.807) is 0 Å². The van der Waals surface area contributed by atoms with E-state index < -0.39 is 0 Å². The zero-order valence-electron chi connectivity index (χ0n) is 30.3. The zero-order chi connectivity index (χ0) is 30.0. The van der Waals surface area contributed by atoms with Crippen molar-refractivity contribution in [3.8, 4) is 0 Å². The molecule has 0 aromatic rings. The summed E-state index contributed by atoms with van der Waals surface area (Å²) in [6.07, 6.45) is 46.7. The van der Waals surface area contributed by atoms with Gasteiger partial charge in [0, 0.05) is 0 Å². The van der Waals surface area contributed by atoms with Crippen molar-refractivity contribution in [2.45, 2.75) is 233 Å². The first-order valence-electron chi connectivity index (χ1n) is 20.1. The van der Waals surface area contributed by atoms with E-state index in [1.165, 1.54) is 236 Å².